The summed E-state index contributed by atoms with van der Waals surface area (Å²) >= 11 is 0. The van der Waals surface area contributed by atoms with Crippen LogP contribution < -0.4 is 16.8 Å². The Morgan fingerprint density at radius 1 is 1.14 bits per heavy atom. The Hall–Kier alpha value is -2.12. The van der Waals surface area contributed by atoms with Crippen molar-refractivity contribution in [3.8, 4) is 0 Å². The van der Waals surface area contributed by atoms with Crippen molar-refractivity contribution in [1.82, 2.24) is 0 Å². The normalized spacial score (nSPS) is 11.0. The van der Waals surface area contributed by atoms with Gasteiger partial charge in [0, 0.05) is 5.69 Å². The fourth-order valence-corrected chi connectivity index (χ4v) is 1.37. The summed E-state index contributed by atoms with van der Waals surface area (Å²) in [6.45, 7) is 0.566. The Bertz CT molecular complexity index is 412. The van der Waals surface area contributed by atoms with Gasteiger partial charge >= 0.3 is 11.9 Å². The molecule has 0 saturated heterocycles. The van der Waals surface area contributed by atoms with Crippen LogP contribution in [0, 0.1) is 0 Å². The molecule has 0 aliphatic heterocycles. The second-order valence-corrected chi connectivity index (χ2v) is 4.34. The van der Waals surface area contributed by atoms with Crippen LogP contribution in [0.1, 0.15) is 19.3 Å². The first kappa shape index (κ1) is 18.9. The molecule has 0 radical (unpaired) electrons. The number of carbonyl (C=O) groups is 2. The molecule has 0 bridgehead atoms. The number of anilines is 1. The summed E-state index contributed by atoms with van der Waals surface area (Å²) in [4.78, 5) is 20.2. The fraction of sp³-hybridized carbons (Fsp3) is 0.429. The van der Waals surface area contributed by atoms with Crippen LogP contribution in [0.25, 0.3) is 0 Å². The maximum atomic E-state index is 10.1. The molecule has 0 aliphatic rings. The number of nitrogens with two attached hydrogens (primary N) is 2. The molecule has 0 amide bonds. The largest absolute Gasteiger partial charge is 0.480 e. The Labute approximate surface area is 123 Å². The van der Waals surface area contributed by atoms with Crippen molar-refractivity contribution in [3.05, 3.63) is 30.3 Å². The third kappa shape index (κ3) is 11.4. The van der Waals surface area contributed by atoms with E-state index in [2.05, 4.69) is 5.32 Å². The molecule has 0 aromatic heterocycles. The maximum absolute atomic E-state index is 10.1. The fourth-order valence-electron chi connectivity index (χ4n) is 1.37. The number of carboxylic acids is 2. The minimum atomic E-state index is -0.933. The van der Waals surface area contributed by atoms with Crippen LogP contribution in [0.15, 0.2) is 30.3 Å². The second-order valence-electron chi connectivity index (χ2n) is 4.34. The van der Waals surface area contributed by atoms with Crippen molar-refractivity contribution in [2.45, 2.75) is 25.3 Å². The Morgan fingerprint density at radius 2 is 1.76 bits per heavy atom. The second kappa shape index (κ2) is 11.7. The first-order chi connectivity index (χ1) is 9.97. The highest BCUT2D eigenvalue weighted by Gasteiger charge is 2.09. The molecule has 0 fully saturated rings. The van der Waals surface area contributed by atoms with Crippen molar-refractivity contribution in [1.29, 1.82) is 0 Å². The lowest BCUT2D eigenvalue weighted by Gasteiger charge is -2.03. The number of nitrogens with one attached hydrogen (secondary N) is 1. The van der Waals surface area contributed by atoms with Gasteiger partial charge in [-0.25, -0.2) is 0 Å². The van der Waals surface area contributed by atoms with Gasteiger partial charge in [0.2, 0.25) is 0 Å². The predicted octanol–water partition coefficient (Wildman–Crippen LogP) is 0.710. The van der Waals surface area contributed by atoms with Crippen molar-refractivity contribution in [2.24, 2.45) is 11.5 Å². The van der Waals surface area contributed by atoms with Crippen LogP contribution in [0.5, 0.6) is 0 Å². The van der Waals surface area contributed by atoms with E-state index in [1.807, 2.05) is 30.3 Å². The molecule has 0 spiro atoms. The standard InChI is InChI=1S/C8H9NO2.C6H14N2O2/c10-8(11)6-9-7-4-2-1-3-5-7;7-4-2-1-3-5(8)6(9)10/h1-5,9H,6H2,(H,10,11);5H,1-4,7-8H2,(H,9,10)/t;5-/m.0/s1. The quantitative estimate of drug-likeness (QED) is 0.445. The van der Waals surface area contributed by atoms with Gasteiger partial charge in [0.05, 0.1) is 0 Å². The number of rotatable bonds is 8. The highest BCUT2D eigenvalue weighted by atomic mass is 16.4. The van der Waals surface area contributed by atoms with Gasteiger partial charge in [0.25, 0.3) is 0 Å². The van der Waals surface area contributed by atoms with Crippen LogP contribution in [0.4, 0.5) is 5.69 Å². The zero-order valence-electron chi connectivity index (χ0n) is 11.9. The molecule has 21 heavy (non-hydrogen) atoms. The van der Waals surface area contributed by atoms with E-state index in [1.165, 1.54) is 0 Å². The van der Waals surface area contributed by atoms with E-state index >= 15 is 0 Å². The number of hydrogen-bond acceptors (Lipinski definition) is 5. The monoisotopic (exact) mass is 297 g/mol. The zero-order chi connectivity index (χ0) is 16.1. The average molecular weight is 297 g/mol. The molecule has 7 N–H and O–H groups in total. The van der Waals surface area contributed by atoms with Crippen LogP contribution in [-0.2, 0) is 9.59 Å². The zero-order valence-corrected chi connectivity index (χ0v) is 11.9. The van der Waals surface area contributed by atoms with Gasteiger partial charge in [-0.15, -0.1) is 0 Å². The SMILES string of the molecule is NCCCC[C@H](N)C(=O)O.O=C(O)CNc1ccccc1. The Morgan fingerprint density at radius 3 is 2.24 bits per heavy atom. The molecule has 1 aromatic carbocycles. The lowest BCUT2D eigenvalue weighted by atomic mass is 10.1. The van der Waals surface area contributed by atoms with Crippen LogP contribution >= 0.6 is 0 Å². The van der Waals surface area contributed by atoms with E-state index < -0.39 is 18.0 Å². The van der Waals surface area contributed by atoms with Crippen LogP contribution in [-0.4, -0.2) is 41.3 Å². The summed E-state index contributed by atoms with van der Waals surface area (Å²) in [5.41, 5.74) is 11.2. The Kier molecular flexibility index (Phi) is 10.5. The number of aliphatic carboxylic acids is 2. The van der Waals surface area contributed by atoms with Crippen LogP contribution in [0.2, 0.25) is 0 Å². The average Bonchev–Trinajstić information content (AvgIpc) is 2.47. The summed E-state index contributed by atoms with van der Waals surface area (Å²) in [5.74, 6) is -1.79. The first-order valence-corrected chi connectivity index (χ1v) is 6.66. The van der Waals surface area contributed by atoms with Crippen molar-refractivity contribution < 1.29 is 19.8 Å². The van der Waals surface area contributed by atoms with E-state index in [0.29, 0.717) is 13.0 Å². The molecule has 0 aliphatic carbocycles. The van der Waals surface area contributed by atoms with E-state index in [-0.39, 0.29) is 6.54 Å². The lowest BCUT2D eigenvalue weighted by molar-refractivity contribution is -0.138. The molecule has 0 unspecified atom stereocenters. The minimum Gasteiger partial charge on any atom is -0.480 e. The third-order valence-electron chi connectivity index (χ3n) is 2.50. The molecule has 118 valence electrons. The van der Waals surface area contributed by atoms with E-state index in [9.17, 15) is 9.59 Å². The molecule has 1 aromatic rings. The number of carboxylic acid groups (broad SMARTS) is 2. The topological polar surface area (TPSA) is 139 Å². The summed E-state index contributed by atoms with van der Waals surface area (Å²) in [7, 11) is 0. The Balaban J connectivity index is 0.000000384. The minimum absolute atomic E-state index is 0.0377. The summed E-state index contributed by atoms with van der Waals surface area (Å²) in [6.07, 6.45) is 2.16. The third-order valence-corrected chi connectivity index (χ3v) is 2.50. The highest BCUT2D eigenvalue weighted by molar-refractivity contribution is 5.73. The van der Waals surface area contributed by atoms with Gasteiger partial charge in [-0.2, -0.15) is 0 Å². The van der Waals surface area contributed by atoms with Gasteiger partial charge in [-0.3, -0.25) is 9.59 Å². The van der Waals surface area contributed by atoms with Gasteiger partial charge in [0.1, 0.15) is 12.6 Å². The summed E-state index contributed by atoms with van der Waals surface area (Å²) in [6, 6.07) is 8.51. The number of unbranched alkanes of at least 4 members (excludes halogenated alkanes) is 1. The van der Waals surface area contributed by atoms with Gasteiger partial charge < -0.3 is 27.0 Å². The van der Waals surface area contributed by atoms with Gasteiger partial charge in [-0.1, -0.05) is 24.6 Å². The van der Waals surface area contributed by atoms with Crippen molar-refractivity contribution >= 4 is 17.6 Å². The van der Waals surface area contributed by atoms with Crippen molar-refractivity contribution in [3.63, 3.8) is 0 Å². The molecule has 7 nitrogen and oxygen atoms in total. The van der Waals surface area contributed by atoms with Gasteiger partial charge in [0.15, 0.2) is 0 Å². The first-order valence-electron chi connectivity index (χ1n) is 6.66. The number of para-hydroxylation sites is 1. The molecule has 0 heterocycles. The molecule has 1 atom stereocenters. The number of hydrogen-bond donors (Lipinski definition) is 5. The van der Waals surface area contributed by atoms with E-state index in [1.54, 1.807) is 0 Å². The summed E-state index contributed by atoms with van der Waals surface area (Å²) in [5, 5.41) is 19.4. The summed E-state index contributed by atoms with van der Waals surface area (Å²) < 4.78 is 0. The highest BCUT2D eigenvalue weighted by Crippen LogP contribution is 2.03. The van der Waals surface area contributed by atoms with Gasteiger partial charge in [-0.05, 0) is 31.5 Å². The predicted molar refractivity (Wildman–Crippen MR) is 81.1 cm³/mol. The molecule has 1 rings (SSSR count). The van der Waals surface area contributed by atoms with E-state index in [0.717, 1.165) is 18.5 Å². The maximum Gasteiger partial charge on any atom is 0.322 e. The molecular weight excluding hydrogens is 274 g/mol. The molecule has 0 saturated carbocycles. The lowest BCUT2D eigenvalue weighted by Crippen LogP contribution is -2.29. The van der Waals surface area contributed by atoms with Crippen LogP contribution in [0.3, 0.4) is 0 Å². The number of benzene rings is 1. The smallest absolute Gasteiger partial charge is 0.322 e. The van der Waals surface area contributed by atoms with Crippen molar-refractivity contribution in [2.75, 3.05) is 18.4 Å². The molecular formula is C14H23N3O4. The molecule has 7 heteroatoms. The van der Waals surface area contributed by atoms with E-state index in [4.69, 9.17) is 21.7 Å².